The zero-order valence-corrected chi connectivity index (χ0v) is 12.1. The first-order valence-corrected chi connectivity index (χ1v) is 7.34. The monoisotopic (exact) mass is 293 g/mol. The first-order chi connectivity index (χ1) is 10.3. The summed E-state index contributed by atoms with van der Waals surface area (Å²) in [4.78, 5) is 4.63. The van der Waals surface area contributed by atoms with E-state index in [1.807, 2.05) is 49.4 Å². The van der Waals surface area contributed by atoms with Gasteiger partial charge in [0.05, 0.1) is 11.2 Å². The van der Waals surface area contributed by atoms with Crippen molar-refractivity contribution in [3.8, 4) is 0 Å². The number of nitrogens with zero attached hydrogens (tertiary/aromatic N) is 5. The second-order valence-electron chi connectivity index (χ2n) is 4.67. The molecular weight excluding hydrogens is 282 g/mol. The summed E-state index contributed by atoms with van der Waals surface area (Å²) in [7, 11) is 0. The molecule has 0 radical (unpaired) electrons. The highest BCUT2D eigenvalue weighted by molar-refractivity contribution is 7.99. The van der Waals surface area contributed by atoms with E-state index in [0.29, 0.717) is 0 Å². The first-order valence-electron chi connectivity index (χ1n) is 6.52. The van der Waals surface area contributed by atoms with Gasteiger partial charge in [-0.3, -0.25) is 0 Å². The lowest BCUT2D eigenvalue weighted by Crippen LogP contribution is -1.95. The molecule has 0 N–H and O–H groups in total. The number of para-hydroxylation sites is 1. The number of fused-ring (bicyclic) bond motifs is 2. The summed E-state index contributed by atoms with van der Waals surface area (Å²) < 4.78 is 1.75. The van der Waals surface area contributed by atoms with Crippen LogP contribution in [0.1, 0.15) is 5.69 Å². The van der Waals surface area contributed by atoms with Crippen molar-refractivity contribution >= 4 is 28.3 Å². The molecule has 0 unspecified atom stereocenters. The summed E-state index contributed by atoms with van der Waals surface area (Å²) in [6.45, 7) is 1.95. The number of benzene rings is 1. The molecule has 6 heteroatoms. The van der Waals surface area contributed by atoms with Gasteiger partial charge in [0.15, 0.2) is 5.65 Å². The van der Waals surface area contributed by atoms with Gasteiger partial charge in [-0.15, -0.1) is 10.2 Å². The van der Waals surface area contributed by atoms with Gasteiger partial charge in [0, 0.05) is 5.39 Å². The standard InChI is InChI=1S/C15H11N5S/c1-10-6-8-13-17-18-15(20(13)19-10)21-14-9-7-11-4-2-3-5-12(11)16-14/h2-9H,1H3. The molecule has 0 aliphatic rings. The van der Waals surface area contributed by atoms with Crippen molar-refractivity contribution in [2.24, 2.45) is 0 Å². The number of hydrogen-bond donors (Lipinski definition) is 0. The van der Waals surface area contributed by atoms with Crippen LogP contribution in [0.25, 0.3) is 16.6 Å². The fourth-order valence-corrected chi connectivity index (χ4v) is 2.89. The Labute approximate surface area is 125 Å². The number of aromatic nitrogens is 5. The highest BCUT2D eigenvalue weighted by atomic mass is 32.2. The Morgan fingerprint density at radius 3 is 2.81 bits per heavy atom. The van der Waals surface area contributed by atoms with Crippen LogP contribution in [-0.4, -0.2) is 24.8 Å². The van der Waals surface area contributed by atoms with Crippen LogP contribution < -0.4 is 0 Å². The Balaban J connectivity index is 1.77. The van der Waals surface area contributed by atoms with E-state index in [1.54, 1.807) is 4.52 Å². The average molecular weight is 293 g/mol. The maximum Gasteiger partial charge on any atom is 0.218 e. The predicted molar refractivity (Wildman–Crippen MR) is 81.4 cm³/mol. The lowest BCUT2D eigenvalue weighted by Gasteiger charge is -2.01. The second kappa shape index (κ2) is 4.82. The lowest BCUT2D eigenvalue weighted by atomic mass is 10.2. The van der Waals surface area contributed by atoms with Crippen LogP contribution in [0.2, 0.25) is 0 Å². The molecule has 0 spiro atoms. The Kier molecular flexibility index (Phi) is 2.82. The maximum atomic E-state index is 4.63. The van der Waals surface area contributed by atoms with Gasteiger partial charge >= 0.3 is 0 Å². The van der Waals surface area contributed by atoms with Crippen LogP contribution in [0.15, 0.2) is 58.7 Å². The molecule has 0 saturated heterocycles. The minimum atomic E-state index is 0.719. The largest absolute Gasteiger partial charge is 0.241 e. The van der Waals surface area contributed by atoms with Crippen molar-refractivity contribution in [2.45, 2.75) is 17.1 Å². The Bertz CT molecular complexity index is 947. The molecule has 0 amide bonds. The van der Waals surface area contributed by atoms with E-state index in [2.05, 4.69) is 26.3 Å². The third-order valence-electron chi connectivity index (χ3n) is 3.14. The fourth-order valence-electron chi connectivity index (χ4n) is 2.12. The third-order valence-corrected chi connectivity index (χ3v) is 4.01. The highest BCUT2D eigenvalue weighted by Crippen LogP contribution is 2.26. The molecule has 3 aromatic heterocycles. The van der Waals surface area contributed by atoms with E-state index in [4.69, 9.17) is 0 Å². The van der Waals surface area contributed by atoms with Crippen LogP contribution in [0.4, 0.5) is 0 Å². The molecular formula is C15H11N5S. The molecule has 3 heterocycles. The summed E-state index contributed by atoms with van der Waals surface area (Å²) in [6.07, 6.45) is 0. The van der Waals surface area contributed by atoms with Crippen molar-refractivity contribution in [1.29, 1.82) is 0 Å². The van der Waals surface area contributed by atoms with Gasteiger partial charge in [0.25, 0.3) is 0 Å². The molecule has 5 nitrogen and oxygen atoms in total. The van der Waals surface area contributed by atoms with Gasteiger partial charge in [-0.05, 0) is 43.0 Å². The van der Waals surface area contributed by atoms with Gasteiger partial charge in [-0.25, -0.2) is 4.98 Å². The van der Waals surface area contributed by atoms with E-state index in [0.717, 1.165) is 32.4 Å². The van der Waals surface area contributed by atoms with Crippen molar-refractivity contribution in [2.75, 3.05) is 0 Å². The van der Waals surface area contributed by atoms with Crippen LogP contribution in [0, 0.1) is 6.92 Å². The number of aryl methyl sites for hydroxylation is 1. The summed E-state index contributed by atoms with van der Waals surface area (Å²) in [6, 6.07) is 15.9. The number of pyridine rings is 1. The fraction of sp³-hybridized carbons (Fsp3) is 0.0667. The maximum absolute atomic E-state index is 4.63. The molecule has 0 bridgehead atoms. The minimum Gasteiger partial charge on any atom is -0.241 e. The van der Waals surface area contributed by atoms with Crippen LogP contribution in [-0.2, 0) is 0 Å². The smallest absolute Gasteiger partial charge is 0.218 e. The Hall–Kier alpha value is -2.47. The van der Waals surface area contributed by atoms with Crippen LogP contribution in [0.3, 0.4) is 0 Å². The molecule has 4 rings (SSSR count). The van der Waals surface area contributed by atoms with Gasteiger partial charge in [0.2, 0.25) is 5.16 Å². The predicted octanol–water partition coefficient (Wildman–Crippen LogP) is 3.13. The minimum absolute atomic E-state index is 0.719. The number of rotatable bonds is 2. The molecule has 102 valence electrons. The summed E-state index contributed by atoms with van der Waals surface area (Å²) in [5, 5.41) is 15.5. The average Bonchev–Trinajstić information content (AvgIpc) is 2.89. The molecule has 0 fully saturated rings. The quantitative estimate of drug-likeness (QED) is 0.568. The summed E-state index contributed by atoms with van der Waals surface area (Å²) in [5.74, 6) is 0. The molecule has 0 aliphatic heterocycles. The highest BCUT2D eigenvalue weighted by Gasteiger charge is 2.09. The van der Waals surface area contributed by atoms with Crippen LogP contribution in [0.5, 0.6) is 0 Å². The van der Waals surface area contributed by atoms with Crippen molar-refractivity contribution in [3.63, 3.8) is 0 Å². The van der Waals surface area contributed by atoms with Gasteiger partial charge in [-0.2, -0.15) is 9.61 Å². The van der Waals surface area contributed by atoms with Gasteiger partial charge in [-0.1, -0.05) is 24.3 Å². The zero-order chi connectivity index (χ0) is 14.2. The lowest BCUT2D eigenvalue weighted by molar-refractivity contribution is 0.791. The van der Waals surface area contributed by atoms with Crippen molar-refractivity contribution < 1.29 is 0 Å². The molecule has 21 heavy (non-hydrogen) atoms. The normalized spacial score (nSPS) is 11.3. The van der Waals surface area contributed by atoms with Crippen molar-refractivity contribution in [3.05, 3.63) is 54.2 Å². The van der Waals surface area contributed by atoms with E-state index < -0.39 is 0 Å². The molecule has 0 saturated carbocycles. The topological polar surface area (TPSA) is 56.0 Å². The second-order valence-corrected chi connectivity index (χ2v) is 5.66. The van der Waals surface area contributed by atoms with E-state index in [1.165, 1.54) is 11.8 Å². The molecule has 4 aromatic rings. The Morgan fingerprint density at radius 1 is 0.952 bits per heavy atom. The Morgan fingerprint density at radius 2 is 1.86 bits per heavy atom. The SMILES string of the molecule is Cc1ccc2nnc(Sc3ccc4ccccc4n3)n2n1. The molecule has 0 aliphatic carbocycles. The molecule has 1 aromatic carbocycles. The summed E-state index contributed by atoms with van der Waals surface area (Å²) >= 11 is 1.46. The summed E-state index contributed by atoms with van der Waals surface area (Å²) in [5.41, 5.74) is 2.64. The zero-order valence-electron chi connectivity index (χ0n) is 11.3. The van der Waals surface area contributed by atoms with Crippen LogP contribution >= 0.6 is 11.8 Å². The third kappa shape index (κ3) is 2.23. The molecule has 0 atom stereocenters. The van der Waals surface area contributed by atoms with Gasteiger partial charge < -0.3 is 0 Å². The van der Waals surface area contributed by atoms with Crippen molar-refractivity contribution in [1.82, 2.24) is 24.8 Å². The van der Waals surface area contributed by atoms with Gasteiger partial charge in [0.1, 0.15) is 5.03 Å². The first kappa shape index (κ1) is 12.3. The number of hydrogen-bond acceptors (Lipinski definition) is 5. The van der Waals surface area contributed by atoms with E-state index >= 15 is 0 Å². The van der Waals surface area contributed by atoms with E-state index in [9.17, 15) is 0 Å². The van der Waals surface area contributed by atoms with E-state index in [-0.39, 0.29) is 0 Å².